The Kier molecular flexibility index (Phi) is 4.39. The minimum atomic E-state index is 0.0625. The van der Waals surface area contributed by atoms with E-state index in [2.05, 4.69) is 22.1 Å². The van der Waals surface area contributed by atoms with Crippen LogP contribution < -0.4 is 5.32 Å². The minimum Gasteiger partial charge on any atom is -0.384 e. The second-order valence-corrected chi connectivity index (χ2v) is 5.92. The Labute approximate surface area is 126 Å². The van der Waals surface area contributed by atoms with Crippen molar-refractivity contribution in [1.29, 1.82) is 0 Å². The summed E-state index contributed by atoms with van der Waals surface area (Å²) in [6.45, 7) is 6.72. The molecule has 21 heavy (non-hydrogen) atoms. The molecule has 5 nitrogen and oxygen atoms in total. The molecule has 2 heterocycles. The highest BCUT2D eigenvalue weighted by molar-refractivity contribution is 5.92. The molecule has 3 rings (SSSR count). The maximum atomic E-state index is 12.4. The summed E-state index contributed by atoms with van der Waals surface area (Å²) in [5.74, 6) is 0.0625. The van der Waals surface area contributed by atoms with Gasteiger partial charge in [-0.25, -0.2) is 4.98 Å². The van der Waals surface area contributed by atoms with Gasteiger partial charge in [0, 0.05) is 38.8 Å². The molecular weight excluding hydrogens is 264 g/mol. The Bertz CT molecular complexity index is 476. The quantitative estimate of drug-likeness (QED) is 0.898. The average Bonchev–Trinajstić information content (AvgIpc) is 3.38. The first-order chi connectivity index (χ1) is 10.3. The Morgan fingerprint density at radius 1 is 1.29 bits per heavy atom. The van der Waals surface area contributed by atoms with E-state index in [4.69, 9.17) is 0 Å². The molecule has 114 valence electrons. The lowest BCUT2D eigenvalue weighted by molar-refractivity contribution is 0.0621. The molecule has 1 aliphatic carbocycles. The smallest absolute Gasteiger partial charge is 0.272 e. The van der Waals surface area contributed by atoms with E-state index in [9.17, 15) is 4.79 Å². The number of nitrogens with one attached hydrogen (secondary N) is 1. The van der Waals surface area contributed by atoms with Crippen molar-refractivity contribution in [2.24, 2.45) is 0 Å². The molecule has 1 aromatic heterocycles. The number of hydrogen-bond acceptors (Lipinski definition) is 4. The number of anilines is 1. The van der Waals surface area contributed by atoms with Crippen molar-refractivity contribution in [3.63, 3.8) is 0 Å². The van der Waals surface area contributed by atoms with Gasteiger partial charge in [0.1, 0.15) is 5.69 Å². The summed E-state index contributed by atoms with van der Waals surface area (Å²) >= 11 is 0. The van der Waals surface area contributed by atoms with Gasteiger partial charge in [0.05, 0.1) is 11.9 Å². The highest BCUT2D eigenvalue weighted by atomic mass is 16.2. The van der Waals surface area contributed by atoms with Gasteiger partial charge in [0.25, 0.3) is 5.91 Å². The van der Waals surface area contributed by atoms with Crippen molar-refractivity contribution in [2.75, 3.05) is 38.0 Å². The predicted molar refractivity (Wildman–Crippen MR) is 83.5 cm³/mol. The van der Waals surface area contributed by atoms with Gasteiger partial charge >= 0.3 is 0 Å². The summed E-state index contributed by atoms with van der Waals surface area (Å²) < 4.78 is 0. The number of piperazine rings is 1. The molecule has 1 saturated heterocycles. The molecule has 1 aromatic rings. The van der Waals surface area contributed by atoms with Crippen LogP contribution in [-0.4, -0.2) is 59.5 Å². The topological polar surface area (TPSA) is 48.5 Å². The molecule has 1 amide bonds. The Hall–Kier alpha value is -1.62. The standard InChI is InChI=1S/C16H24N4O/c1-2-7-17-13-3-6-15(18-12-13)16(21)20-10-8-19(9-11-20)14-4-5-14/h3,6,12,14,17H,2,4-5,7-11H2,1H3. The van der Waals surface area contributed by atoms with E-state index < -0.39 is 0 Å². The number of aromatic nitrogens is 1. The van der Waals surface area contributed by atoms with Crippen LogP contribution in [0.25, 0.3) is 0 Å². The number of nitrogens with zero attached hydrogens (tertiary/aromatic N) is 3. The second-order valence-electron chi connectivity index (χ2n) is 5.92. The van der Waals surface area contributed by atoms with Crippen LogP contribution in [-0.2, 0) is 0 Å². The zero-order chi connectivity index (χ0) is 14.7. The maximum absolute atomic E-state index is 12.4. The van der Waals surface area contributed by atoms with Crippen molar-refractivity contribution < 1.29 is 4.79 Å². The number of carbonyl (C=O) groups is 1. The van der Waals surface area contributed by atoms with Crippen LogP contribution in [0.15, 0.2) is 18.3 Å². The van der Waals surface area contributed by atoms with Crippen LogP contribution in [0.5, 0.6) is 0 Å². The first-order valence-corrected chi connectivity index (χ1v) is 8.01. The fourth-order valence-electron chi connectivity index (χ4n) is 2.79. The van der Waals surface area contributed by atoms with Crippen LogP contribution in [0.4, 0.5) is 5.69 Å². The Morgan fingerprint density at radius 2 is 2.05 bits per heavy atom. The number of pyridine rings is 1. The van der Waals surface area contributed by atoms with Crippen molar-refractivity contribution in [3.05, 3.63) is 24.0 Å². The van der Waals surface area contributed by atoms with Crippen LogP contribution in [0.1, 0.15) is 36.7 Å². The van der Waals surface area contributed by atoms with Gasteiger partial charge in [-0.15, -0.1) is 0 Å². The van der Waals surface area contributed by atoms with Gasteiger partial charge in [-0.2, -0.15) is 0 Å². The molecule has 0 radical (unpaired) electrons. The summed E-state index contributed by atoms with van der Waals surface area (Å²) in [4.78, 5) is 21.2. The molecule has 0 aromatic carbocycles. The third kappa shape index (κ3) is 3.53. The number of amides is 1. The first-order valence-electron chi connectivity index (χ1n) is 8.01. The molecule has 0 spiro atoms. The number of carbonyl (C=O) groups excluding carboxylic acids is 1. The van der Waals surface area contributed by atoms with Crippen molar-refractivity contribution >= 4 is 11.6 Å². The van der Waals surface area contributed by atoms with E-state index in [0.29, 0.717) is 5.69 Å². The summed E-state index contributed by atoms with van der Waals surface area (Å²) in [5, 5.41) is 3.27. The predicted octanol–water partition coefficient (Wildman–Crippen LogP) is 1.82. The lowest BCUT2D eigenvalue weighted by atomic mass is 10.2. The fraction of sp³-hybridized carbons (Fsp3) is 0.625. The third-order valence-electron chi connectivity index (χ3n) is 4.23. The monoisotopic (exact) mass is 288 g/mol. The molecule has 1 N–H and O–H groups in total. The van der Waals surface area contributed by atoms with Crippen LogP contribution >= 0.6 is 0 Å². The van der Waals surface area contributed by atoms with Crippen LogP contribution in [0, 0.1) is 0 Å². The Morgan fingerprint density at radius 3 is 2.62 bits per heavy atom. The van der Waals surface area contributed by atoms with Crippen molar-refractivity contribution in [2.45, 2.75) is 32.2 Å². The molecule has 5 heteroatoms. The molecule has 0 bridgehead atoms. The van der Waals surface area contributed by atoms with Crippen molar-refractivity contribution in [3.8, 4) is 0 Å². The average molecular weight is 288 g/mol. The highest BCUT2D eigenvalue weighted by Gasteiger charge is 2.32. The molecule has 0 unspecified atom stereocenters. The molecule has 1 aliphatic heterocycles. The summed E-state index contributed by atoms with van der Waals surface area (Å²) in [6, 6.07) is 4.56. The van der Waals surface area contributed by atoms with Crippen molar-refractivity contribution in [1.82, 2.24) is 14.8 Å². The van der Waals surface area contributed by atoms with Gasteiger partial charge in [-0.3, -0.25) is 9.69 Å². The number of rotatable bonds is 5. The molecule has 0 atom stereocenters. The van der Waals surface area contributed by atoms with E-state index in [-0.39, 0.29) is 5.91 Å². The van der Waals surface area contributed by atoms with Gasteiger partial charge in [0.15, 0.2) is 0 Å². The van der Waals surface area contributed by atoms with Gasteiger partial charge < -0.3 is 10.2 Å². The van der Waals surface area contributed by atoms with Gasteiger partial charge in [0.2, 0.25) is 0 Å². The van der Waals surface area contributed by atoms with E-state index >= 15 is 0 Å². The highest BCUT2D eigenvalue weighted by Crippen LogP contribution is 2.27. The van der Waals surface area contributed by atoms with Gasteiger partial charge in [-0.1, -0.05) is 6.92 Å². The minimum absolute atomic E-state index is 0.0625. The van der Waals surface area contributed by atoms with E-state index in [0.717, 1.165) is 50.9 Å². The lowest BCUT2D eigenvalue weighted by Crippen LogP contribution is -2.49. The lowest BCUT2D eigenvalue weighted by Gasteiger charge is -2.34. The maximum Gasteiger partial charge on any atom is 0.272 e. The zero-order valence-electron chi connectivity index (χ0n) is 12.7. The van der Waals surface area contributed by atoms with E-state index in [1.807, 2.05) is 17.0 Å². The zero-order valence-corrected chi connectivity index (χ0v) is 12.7. The number of hydrogen-bond donors (Lipinski definition) is 1. The second kappa shape index (κ2) is 6.43. The molecular formula is C16H24N4O. The molecule has 2 aliphatic rings. The van der Waals surface area contributed by atoms with Crippen LogP contribution in [0.3, 0.4) is 0 Å². The summed E-state index contributed by atoms with van der Waals surface area (Å²) in [7, 11) is 0. The summed E-state index contributed by atoms with van der Waals surface area (Å²) in [5.41, 5.74) is 1.53. The van der Waals surface area contributed by atoms with Crippen LogP contribution in [0.2, 0.25) is 0 Å². The summed E-state index contributed by atoms with van der Waals surface area (Å²) in [6.07, 6.45) is 5.50. The first kappa shape index (κ1) is 14.3. The third-order valence-corrected chi connectivity index (χ3v) is 4.23. The Balaban J connectivity index is 1.54. The SMILES string of the molecule is CCCNc1ccc(C(=O)N2CCN(C3CC3)CC2)nc1. The fourth-order valence-corrected chi connectivity index (χ4v) is 2.79. The largest absolute Gasteiger partial charge is 0.384 e. The molecule has 1 saturated carbocycles. The van der Waals surface area contributed by atoms with E-state index in [1.165, 1.54) is 12.8 Å². The molecule has 2 fully saturated rings. The normalized spacial score (nSPS) is 19.6. The van der Waals surface area contributed by atoms with E-state index in [1.54, 1.807) is 6.20 Å². The van der Waals surface area contributed by atoms with Gasteiger partial charge in [-0.05, 0) is 31.4 Å².